The molecule has 0 aromatic rings. The minimum atomic E-state index is 0.880. The van der Waals surface area contributed by atoms with Crippen molar-refractivity contribution in [3.8, 4) is 0 Å². The van der Waals surface area contributed by atoms with Gasteiger partial charge in [-0.3, -0.25) is 0 Å². The van der Waals surface area contributed by atoms with E-state index in [0.29, 0.717) is 0 Å². The summed E-state index contributed by atoms with van der Waals surface area (Å²) in [6.45, 7) is 6.36. The predicted octanol–water partition coefficient (Wildman–Crippen LogP) is 2.84. The van der Waals surface area contributed by atoms with Gasteiger partial charge in [0.25, 0.3) is 0 Å². The Morgan fingerprint density at radius 2 is 1.59 bits per heavy atom. The Morgan fingerprint density at radius 3 is 2.18 bits per heavy atom. The van der Waals surface area contributed by atoms with Crippen LogP contribution in [0.15, 0.2) is 0 Å². The van der Waals surface area contributed by atoms with E-state index in [9.17, 15) is 0 Å². The van der Waals surface area contributed by atoms with Crippen LogP contribution in [0.1, 0.15) is 45.4 Å². The van der Waals surface area contributed by atoms with Crippen molar-refractivity contribution in [3.05, 3.63) is 0 Å². The molecule has 0 N–H and O–H groups in total. The second-order valence-corrected chi connectivity index (χ2v) is 6.60. The normalized spacial score (nSPS) is 33.2. The van der Waals surface area contributed by atoms with Gasteiger partial charge in [0.1, 0.15) is 0 Å². The van der Waals surface area contributed by atoms with Gasteiger partial charge in [-0.1, -0.05) is 6.92 Å². The second kappa shape index (κ2) is 6.19. The van der Waals surface area contributed by atoms with Crippen molar-refractivity contribution in [1.29, 1.82) is 0 Å². The molecule has 1 heterocycles. The van der Waals surface area contributed by atoms with E-state index in [4.69, 9.17) is 0 Å². The third-order valence-electron chi connectivity index (χ3n) is 4.99. The van der Waals surface area contributed by atoms with Crippen LogP contribution in [-0.4, -0.2) is 49.6 Å². The zero-order valence-corrected chi connectivity index (χ0v) is 12.0. The monoisotopic (exact) mass is 238 g/mol. The summed E-state index contributed by atoms with van der Waals surface area (Å²) in [5, 5.41) is 0. The predicted molar refractivity (Wildman–Crippen MR) is 74.3 cm³/mol. The minimum absolute atomic E-state index is 0.880. The maximum atomic E-state index is 2.67. The molecule has 0 atom stereocenters. The molecular formula is C15H30N2. The lowest BCUT2D eigenvalue weighted by Crippen LogP contribution is -2.41. The highest BCUT2D eigenvalue weighted by Crippen LogP contribution is 2.27. The smallest absolute Gasteiger partial charge is 0.00925 e. The van der Waals surface area contributed by atoms with Gasteiger partial charge in [0.15, 0.2) is 0 Å². The van der Waals surface area contributed by atoms with Crippen molar-refractivity contribution >= 4 is 0 Å². The summed E-state index contributed by atoms with van der Waals surface area (Å²) in [6, 6.07) is 0.880. The van der Waals surface area contributed by atoms with Crippen LogP contribution in [0.5, 0.6) is 0 Å². The number of hydrogen-bond donors (Lipinski definition) is 0. The topological polar surface area (TPSA) is 6.48 Å². The first-order valence-corrected chi connectivity index (χ1v) is 7.54. The zero-order chi connectivity index (χ0) is 12.3. The number of nitrogens with zero attached hydrogens (tertiary/aromatic N) is 2. The van der Waals surface area contributed by atoms with Crippen LogP contribution >= 0.6 is 0 Å². The van der Waals surface area contributed by atoms with Gasteiger partial charge in [0, 0.05) is 12.6 Å². The van der Waals surface area contributed by atoms with Gasteiger partial charge in [-0.05, 0) is 77.5 Å². The lowest BCUT2D eigenvalue weighted by molar-refractivity contribution is 0.121. The van der Waals surface area contributed by atoms with E-state index in [1.165, 1.54) is 58.2 Å². The molecule has 1 saturated heterocycles. The van der Waals surface area contributed by atoms with Crippen LogP contribution < -0.4 is 0 Å². The third kappa shape index (κ3) is 3.96. The molecule has 2 heteroatoms. The van der Waals surface area contributed by atoms with E-state index >= 15 is 0 Å². The van der Waals surface area contributed by atoms with E-state index in [1.54, 1.807) is 0 Å². The molecule has 17 heavy (non-hydrogen) atoms. The number of hydrogen-bond acceptors (Lipinski definition) is 2. The Kier molecular flexibility index (Phi) is 4.87. The SMILES string of the molecule is CC1CCC(N(C)CC2CCN(C)CC2)CC1. The molecule has 2 aliphatic rings. The fourth-order valence-electron chi connectivity index (χ4n) is 3.48. The molecule has 0 bridgehead atoms. The van der Waals surface area contributed by atoms with Crippen molar-refractivity contribution < 1.29 is 0 Å². The Hall–Kier alpha value is -0.0800. The summed E-state index contributed by atoms with van der Waals surface area (Å²) in [6.07, 6.45) is 8.58. The quantitative estimate of drug-likeness (QED) is 0.746. The molecule has 0 amide bonds. The summed E-state index contributed by atoms with van der Waals surface area (Å²) in [5.74, 6) is 1.93. The molecule has 2 rings (SSSR count). The number of rotatable bonds is 3. The van der Waals surface area contributed by atoms with Gasteiger partial charge >= 0.3 is 0 Å². The van der Waals surface area contributed by atoms with Crippen LogP contribution in [0.2, 0.25) is 0 Å². The fourth-order valence-corrected chi connectivity index (χ4v) is 3.48. The lowest BCUT2D eigenvalue weighted by Gasteiger charge is -2.37. The maximum absolute atomic E-state index is 2.67. The van der Waals surface area contributed by atoms with Crippen LogP contribution in [0.25, 0.3) is 0 Å². The van der Waals surface area contributed by atoms with Crippen molar-refractivity contribution in [3.63, 3.8) is 0 Å². The molecule has 2 nitrogen and oxygen atoms in total. The first-order valence-electron chi connectivity index (χ1n) is 7.54. The molecule has 100 valence electrons. The Balaban J connectivity index is 1.71. The van der Waals surface area contributed by atoms with Crippen LogP contribution in [-0.2, 0) is 0 Å². The fraction of sp³-hybridized carbons (Fsp3) is 1.00. The number of piperidine rings is 1. The van der Waals surface area contributed by atoms with E-state index < -0.39 is 0 Å². The van der Waals surface area contributed by atoms with Crippen molar-refractivity contribution in [2.24, 2.45) is 11.8 Å². The molecule has 0 aromatic heterocycles. The second-order valence-electron chi connectivity index (χ2n) is 6.60. The minimum Gasteiger partial charge on any atom is -0.306 e. The Bertz CT molecular complexity index is 213. The lowest BCUT2D eigenvalue weighted by atomic mass is 9.86. The van der Waals surface area contributed by atoms with E-state index in [1.807, 2.05) is 0 Å². The summed E-state index contributed by atoms with van der Waals surface area (Å²) >= 11 is 0. The van der Waals surface area contributed by atoms with Gasteiger partial charge in [0.2, 0.25) is 0 Å². The molecule has 0 radical (unpaired) electrons. The largest absolute Gasteiger partial charge is 0.306 e. The van der Waals surface area contributed by atoms with Crippen LogP contribution in [0.4, 0.5) is 0 Å². The highest BCUT2D eigenvalue weighted by atomic mass is 15.1. The maximum Gasteiger partial charge on any atom is 0.00925 e. The molecule has 2 fully saturated rings. The molecule has 0 aromatic carbocycles. The van der Waals surface area contributed by atoms with Crippen molar-refractivity contribution in [2.45, 2.75) is 51.5 Å². The molecule has 1 aliphatic carbocycles. The van der Waals surface area contributed by atoms with Gasteiger partial charge in [0.05, 0.1) is 0 Å². The zero-order valence-electron chi connectivity index (χ0n) is 12.0. The highest BCUT2D eigenvalue weighted by molar-refractivity contribution is 4.79. The Labute approximate surface area is 107 Å². The molecule has 1 saturated carbocycles. The molecule has 0 spiro atoms. The summed E-state index contributed by atoms with van der Waals surface area (Å²) in [5.41, 5.74) is 0. The van der Waals surface area contributed by atoms with Gasteiger partial charge in [-0.2, -0.15) is 0 Å². The average Bonchev–Trinajstić information content (AvgIpc) is 2.33. The highest BCUT2D eigenvalue weighted by Gasteiger charge is 2.24. The Morgan fingerprint density at radius 1 is 1.00 bits per heavy atom. The van der Waals surface area contributed by atoms with E-state index in [-0.39, 0.29) is 0 Å². The summed E-state index contributed by atoms with van der Waals surface area (Å²) in [4.78, 5) is 5.14. The number of likely N-dealkylation sites (tertiary alicyclic amines) is 1. The first-order chi connectivity index (χ1) is 8.15. The standard InChI is InChI=1S/C15H30N2/c1-13-4-6-15(7-5-13)17(3)12-14-8-10-16(2)11-9-14/h13-15H,4-12H2,1-3H3. The van der Waals surface area contributed by atoms with Crippen LogP contribution in [0, 0.1) is 11.8 Å². The summed E-state index contributed by atoms with van der Waals surface area (Å²) in [7, 11) is 4.61. The first kappa shape index (κ1) is 13.4. The van der Waals surface area contributed by atoms with Gasteiger partial charge in [-0.25, -0.2) is 0 Å². The van der Waals surface area contributed by atoms with E-state index in [0.717, 1.165) is 17.9 Å². The van der Waals surface area contributed by atoms with Crippen molar-refractivity contribution in [2.75, 3.05) is 33.7 Å². The average molecular weight is 238 g/mol. The van der Waals surface area contributed by atoms with Crippen molar-refractivity contribution in [1.82, 2.24) is 9.80 Å². The summed E-state index contributed by atoms with van der Waals surface area (Å²) < 4.78 is 0. The third-order valence-corrected chi connectivity index (χ3v) is 4.99. The molecular weight excluding hydrogens is 208 g/mol. The van der Waals surface area contributed by atoms with Gasteiger partial charge in [-0.15, -0.1) is 0 Å². The molecule has 1 aliphatic heterocycles. The van der Waals surface area contributed by atoms with Crippen LogP contribution in [0.3, 0.4) is 0 Å². The van der Waals surface area contributed by atoms with Gasteiger partial charge < -0.3 is 9.80 Å². The molecule has 0 unspecified atom stereocenters. The van der Waals surface area contributed by atoms with E-state index in [2.05, 4.69) is 30.8 Å².